The maximum Gasteiger partial charge on any atom is 0.255 e. The summed E-state index contributed by atoms with van der Waals surface area (Å²) in [6.45, 7) is 0. The number of guanidine groups is 1. The molecule has 136 valence electrons. The Morgan fingerprint density at radius 2 is 1.50 bits per heavy atom. The van der Waals surface area contributed by atoms with E-state index in [4.69, 9.17) is 10.1 Å². The van der Waals surface area contributed by atoms with E-state index < -0.39 is 5.54 Å². The topological polar surface area (TPSA) is 76.9 Å². The van der Waals surface area contributed by atoms with Crippen molar-refractivity contribution in [3.63, 3.8) is 0 Å². The third kappa shape index (κ3) is 2.98. The number of nitrogens with one attached hydrogen (secondary N) is 1. The van der Waals surface area contributed by atoms with Gasteiger partial charge in [-0.2, -0.15) is 0 Å². The molecule has 2 aromatic rings. The molecule has 0 spiro atoms. The molecule has 1 aliphatic heterocycles. The van der Waals surface area contributed by atoms with Crippen molar-refractivity contribution in [2.24, 2.45) is 0 Å². The third-order valence-electron chi connectivity index (χ3n) is 5.07. The first-order chi connectivity index (χ1) is 12.4. The number of rotatable bonds is 5. The van der Waals surface area contributed by atoms with Gasteiger partial charge in [0.15, 0.2) is 0 Å². The van der Waals surface area contributed by atoms with Crippen molar-refractivity contribution in [3.05, 3.63) is 59.7 Å². The number of phenolic OH excluding ortho intramolecular Hbond substituents is 1. The minimum Gasteiger partial charge on any atom is -0.508 e. The maximum absolute atomic E-state index is 13.1. The second kappa shape index (κ2) is 6.71. The summed E-state index contributed by atoms with van der Waals surface area (Å²) >= 11 is 0. The van der Waals surface area contributed by atoms with E-state index in [-0.39, 0.29) is 17.6 Å². The van der Waals surface area contributed by atoms with E-state index in [1.165, 1.54) is 4.90 Å². The van der Waals surface area contributed by atoms with Gasteiger partial charge in [-0.05, 0) is 35.4 Å². The molecular formula is C20H23N3O3. The predicted molar refractivity (Wildman–Crippen MR) is 99.5 cm³/mol. The van der Waals surface area contributed by atoms with Crippen LogP contribution < -0.4 is 4.74 Å². The molecule has 1 fully saturated rings. The van der Waals surface area contributed by atoms with Crippen molar-refractivity contribution in [2.75, 3.05) is 21.2 Å². The molecule has 0 aliphatic carbocycles. The maximum atomic E-state index is 13.1. The molecule has 1 saturated heterocycles. The molecule has 6 heteroatoms. The highest BCUT2D eigenvalue weighted by molar-refractivity contribution is 6.07. The van der Waals surface area contributed by atoms with E-state index in [0.29, 0.717) is 12.8 Å². The van der Waals surface area contributed by atoms with Crippen LogP contribution in [-0.4, -0.2) is 53.5 Å². The second-order valence-electron chi connectivity index (χ2n) is 6.65. The molecule has 26 heavy (non-hydrogen) atoms. The number of ether oxygens (including phenoxy) is 1. The van der Waals surface area contributed by atoms with E-state index in [1.807, 2.05) is 36.4 Å². The van der Waals surface area contributed by atoms with Crippen LogP contribution in [0.4, 0.5) is 0 Å². The highest BCUT2D eigenvalue weighted by atomic mass is 16.5. The number of carbonyl (C=O) groups is 1. The summed E-state index contributed by atoms with van der Waals surface area (Å²) in [6.07, 6.45) is 0.918. The number of benzene rings is 2. The van der Waals surface area contributed by atoms with Gasteiger partial charge in [0.2, 0.25) is 5.96 Å². The van der Waals surface area contributed by atoms with Gasteiger partial charge in [0.05, 0.1) is 7.11 Å². The van der Waals surface area contributed by atoms with Gasteiger partial charge < -0.3 is 14.7 Å². The van der Waals surface area contributed by atoms with Gasteiger partial charge in [-0.25, -0.2) is 0 Å². The summed E-state index contributed by atoms with van der Waals surface area (Å²) < 4.78 is 5.20. The normalized spacial score (nSPS) is 20.0. The van der Waals surface area contributed by atoms with Crippen molar-refractivity contribution in [1.82, 2.24) is 9.80 Å². The van der Waals surface area contributed by atoms with Crippen molar-refractivity contribution < 1.29 is 14.6 Å². The third-order valence-corrected chi connectivity index (χ3v) is 5.07. The number of hydrogen-bond acceptors (Lipinski definition) is 4. The lowest BCUT2D eigenvalue weighted by Crippen LogP contribution is -2.51. The van der Waals surface area contributed by atoms with E-state index in [2.05, 4.69) is 0 Å². The average Bonchev–Trinajstić information content (AvgIpc) is 2.80. The Kier molecular flexibility index (Phi) is 4.59. The average molecular weight is 353 g/mol. The number of phenols is 1. The first kappa shape index (κ1) is 17.8. The number of likely N-dealkylation sites (N-methyl/N-ethyl adjacent to an activating group) is 2. The summed E-state index contributed by atoms with van der Waals surface area (Å²) in [5.74, 6) is 1.03. The van der Waals surface area contributed by atoms with Crippen LogP contribution in [0.25, 0.3) is 0 Å². The number of amides is 1. The highest BCUT2D eigenvalue weighted by Gasteiger charge is 2.52. The monoisotopic (exact) mass is 353 g/mol. The first-order valence-electron chi connectivity index (χ1n) is 8.39. The number of carbonyl (C=O) groups excluding carboxylic acids is 1. The van der Waals surface area contributed by atoms with Crippen LogP contribution in [0.1, 0.15) is 11.1 Å². The van der Waals surface area contributed by atoms with E-state index in [0.717, 1.165) is 16.9 Å². The lowest BCUT2D eigenvalue weighted by molar-refractivity contribution is -0.132. The molecule has 0 saturated carbocycles. The minimum absolute atomic E-state index is 0.103. The lowest BCUT2D eigenvalue weighted by atomic mass is 9.83. The fraction of sp³-hybridized carbons (Fsp3) is 0.300. The Balaban J connectivity index is 1.99. The molecule has 0 aromatic heterocycles. The second-order valence-corrected chi connectivity index (χ2v) is 6.65. The molecular weight excluding hydrogens is 330 g/mol. The van der Waals surface area contributed by atoms with Crippen LogP contribution in [0.2, 0.25) is 0 Å². The molecule has 2 aromatic carbocycles. The zero-order valence-electron chi connectivity index (χ0n) is 15.2. The SMILES string of the molecule is COc1ccc(C[C@@]2(Cc3ccc(O)cc3)C(=O)N(C)C(=N)N2C)cc1. The van der Waals surface area contributed by atoms with Crippen LogP contribution in [0.3, 0.4) is 0 Å². The lowest BCUT2D eigenvalue weighted by Gasteiger charge is -2.34. The van der Waals surface area contributed by atoms with Crippen LogP contribution in [-0.2, 0) is 17.6 Å². The van der Waals surface area contributed by atoms with Crippen LogP contribution in [0.5, 0.6) is 11.5 Å². The van der Waals surface area contributed by atoms with Crippen molar-refractivity contribution in [3.8, 4) is 11.5 Å². The molecule has 0 unspecified atom stereocenters. The molecule has 6 nitrogen and oxygen atoms in total. The molecule has 1 heterocycles. The molecule has 0 bridgehead atoms. The van der Waals surface area contributed by atoms with Gasteiger partial charge in [-0.1, -0.05) is 24.3 Å². The van der Waals surface area contributed by atoms with Gasteiger partial charge in [0.1, 0.15) is 17.0 Å². The van der Waals surface area contributed by atoms with E-state index in [9.17, 15) is 9.90 Å². The van der Waals surface area contributed by atoms with Crippen LogP contribution in [0.15, 0.2) is 48.5 Å². The Labute approximate surface area is 153 Å². The molecule has 3 rings (SSSR count). The summed E-state index contributed by atoms with van der Waals surface area (Å²) in [7, 11) is 5.04. The fourth-order valence-electron chi connectivity index (χ4n) is 3.46. The largest absolute Gasteiger partial charge is 0.508 e. The quantitative estimate of drug-likeness (QED) is 0.864. The van der Waals surface area contributed by atoms with Gasteiger partial charge >= 0.3 is 0 Å². The van der Waals surface area contributed by atoms with Crippen LogP contribution >= 0.6 is 0 Å². The van der Waals surface area contributed by atoms with Gasteiger partial charge in [0, 0.05) is 26.9 Å². The van der Waals surface area contributed by atoms with Crippen molar-refractivity contribution in [2.45, 2.75) is 18.4 Å². The number of aromatic hydroxyl groups is 1. The number of methoxy groups -OCH3 is 1. The van der Waals surface area contributed by atoms with Gasteiger partial charge in [-0.3, -0.25) is 15.1 Å². The van der Waals surface area contributed by atoms with Crippen LogP contribution in [0, 0.1) is 5.41 Å². The van der Waals surface area contributed by atoms with Crippen molar-refractivity contribution >= 4 is 11.9 Å². The predicted octanol–water partition coefficient (Wildman–Crippen LogP) is 2.26. The number of hydrogen-bond donors (Lipinski definition) is 2. The molecule has 0 radical (unpaired) electrons. The number of nitrogens with zero attached hydrogens (tertiary/aromatic N) is 2. The van der Waals surface area contributed by atoms with E-state index >= 15 is 0 Å². The Hall–Kier alpha value is -3.02. The zero-order valence-corrected chi connectivity index (χ0v) is 15.2. The summed E-state index contributed by atoms with van der Waals surface area (Å²) in [4.78, 5) is 16.3. The Morgan fingerprint density at radius 1 is 1.00 bits per heavy atom. The Morgan fingerprint density at radius 3 is 1.92 bits per heavy atom. The minimum atomic E-state index is -0.878. The smallest absolute Gasteiger partial charge is 0.255 e. The summed E-state index contributed by atoms with van der Waals surface area (Å²) in [5, 5.41) is 17.8. The van der Waals surface area contributed by atoms with Crippen molar-refractivity contribution in [1.29, 1.82) is 5.41 Å². The standard InChI is InChI=1S/C20H23N3O3/c1-22-18(25)20(23(2)19(22)21,12-14-4-8-16(24)9-5-14)13-15-6-10-17(26-3)11-7-15/h4-11,21,24H,12-13H2,1-3H3/t20-/m0/s1. The molecule has 2 N–H and O–H groups in total. The zero-order chi connectivity index (χ0) is 18.9. The molecule has 1 atom stereocenters. The molecule has 1 amide bonds. The first-order valence-corrected chi connectivity index (χ1v) is 8.39. The molecule has 1 aliphatic rings. The highest BCUT2D eigenvalue weighted by Crippen LogP contribution is 2.33. The van der Waals surface area contributed by atoms with Gasteiger partial charge in [0.25, 0.3) is 5.91 Å². The van der Waals surface area contributed by atoms with Gasteiger partial charge in [-0.15, -0.1) is 0 Å². The summed E-state index contributed by atoms with van der Waals surface area (Å²) in [6, 6.07) is 14.5. The fourth-order valence-corrected chi connectivity index (χ4v) is 3.46. The van der Waals surface area contributed by atoms with E-state index in [1.54, 1.807) is 38.2 Å². The summed E-state index contributed by atoms with van der Waals surface area (Å²) in [5.41, 5.74) is 1.05. The Bertz CT molecular complexity index is 817.